The van der Waals surface area contributed by atoms with E-state index in [1.54, 1.807) is 29.9 Å². The van der Waals surface area contributed by atoms with E-state index in [4.69, 9.17) is 10.5 Å². The Bertz CT molecular complexity index is 619. The Hall–Kier alpha value is -2.50. The second-order valence-electron chi connectivity index (χ2n) is 5.78. The van der Waals surface area contributed by atoms with Crippen molar-refractivity contribution < 1.29 is 9.53 Å². The molecule has 1 aromatic heterocycles. The number of nitrogen functional groups attached to an aromatic ring is 1. The molecule has 21 heavy (non-hydrogen) atoms. The number of aromatic nitrogens is 2. The van der Waals surface area contributed by atoms with Gasteiger partial charge in [0, 0.05) is 24.4 Å². The van der Waals surface area contributed by atoms with Crippen LogP contribution in [0.2, 0.25) is 0 Å². The molecule has 6 nitrogen and oxygen atoms in total. The first kappa shape index (κ1) is 14.9. The predicted octanol–water partition coefficient (Wildman–Crippen LogP) is 3.02. The number of amides is 1. The summed E-state index contributed by atoms with van der Waals surface area (Å²) in [5.41, 5.74) is 7.62. The number of anilines is 2. The molecule has 0 atom stereocenters. The first-order chi connectivity index (χ1) is 9.74. The Labute approximate surface area is 123 Å². The highest BCUT2D eigenvalue weighted by Crippen LogP contribution is 2.22. The van der Waals surface area contributed by atoms with Crippen LogP contribution in [0.5, 0.6) is 0 Å². The summed E-state index contributed by atoms with van der Waals surface area (Å²) in [6.07, 6.45) is -0.475. The van der Waals surface area contributed by atoms with E-state index in [9.17, 15) is 4.79 Å². The van der Waals surface area contributed by atoms with Gasteiger partial charge in [-0.2, -0.15) is 5.10 Å². The van der Waals surface area contributed by atoms with Gasteiger partial charge in [0.05, 0.1) is 5.69 Å². The van der Waals surface area contributed by atoms with Crippen molar-refractivity contribution in [3.63, 3.8) is 0 Å². The molecule has 1 heterocycles. The summed E-state index contributed by atoms with van der Waals surface area (Å²) in [4.78, 5) is 11.7. The molecule has 0 bridgehead atoms. The van der Waals surface area contributed by atoms with Crippen molar-refractivity contribution in [2.45, 2.75) is 26.4 Å². The molecule has 2 aromatic rings. The first-order valence-electron chi connectivity index (χ1n) is 6.64. The summed E-state index contributed by atoms with van der Waals surface area (Å²) in [5.74, 6) is 0.598. The van der Waals surface area contributed by atoms with Gasteiger partial charge in [-0.05, 0) is 32.9 Å². The Morgan fingerprint density at radius 3 is 2.38 bits per heavy atom. The van der Waals surface area contributed by atoms with Crippen molar-refractivity contribution >= 4 is 17.6 Å². The monoisotopic (exact) mass is 288 g/mol. The fourth-order valence-corrected chi connectivity index (χ4v) is 1.77. The molecule has 0 aliphatic heterocycles. The fraction of sp³-hybridized carbons (Fsp3) is 0.333. The number of nitrogens with zero attached hydrogens (tertiary/aromatic N) is 2. The van der Waals surface area contributed by atoms with Gasteiger partial charge in [-0.25, -0.2) is 4.79 Å². The summed E-state index contributed by atoms with van der Waals surface area (Å²) in [6.45, 7) is 5.46. The molecule has 0 fully saturated rings. The van der Waals surface area contributed by atoms with Crippen molar-refractivity contribution in [3.8, 4) is 11.3 Å². The number of rotatable bonds is 2. The van der Waals surface area contributed by atoms with Crippen molar-refractivity contribution in [1.29, 1.82) is 0 Å². The molecular formula is C15H20N4O2. The van der Waals surface area contributed by atoms with E-state index in [2.05, 4.69) is 10.4 Å². The van der Waals surface area contributed by atoms with Gasteiger partial charge in [0.25, 0.3) is 0 Å². The van der Waals surface area contributed by atoms with Gasteiger partial charge in [-0.15, -0.1) is 0 Å². The van der Waals surface area contributed by atoms with E-state index in [0.29, 0.717) is 11.5 Å². The second kappa shape index (κ2) is 5.47. The number of hydrogen-bond donors (Lipinski definition) is 2. The van der Waals surface area contributed by atoms with Crippen LogP contribution in [0.3, 0.4) is 0 Å². The van der Waals surface area contributed by atoms with Crippen molar-refractivity contribution in [1.82, 2.24) is 9.78 Å². The number of nitrogens with one attached hydrogen (secondary N) is 1. The molecule has 3 N–H and O–H groups in total. The summed E-state index contributed by atoms with van der Waals surface area (Å²) < 4.78 is 6.81. The Morgan fingerprint density at radius 2 is 1.90 bits per heavy atom. The summed E-state index contributed by atoms with van der Waals surface area (Å²) in [5, 5.41) is 6.98. The zero-order chi connectivity index (χ0) is 15.6. The lowest BCUT2D eigenvalue weighted by atomic mass is 10.1. The molecule has 0 unspecified atom stereocenters. The Balaban J connectivity index is 2.07. The van der Waals surface area contributed by atoms with Crippen LogP contribution in [0.4, 0.5) is 16.3 Å². The lowest BCUT2D eigenvalue weighted by molar-refractivity contribution is 0.0636. The molecule has 0 aliphatic rings. The number of carbonyl (C=O) groups is 1. The fourth-order valence-electron chi connectivity index (χ4n) is 1.77. The number of nitrogens with two attached hydrogens (primary N) is 1. The number of benzene rings is 1. The van der Waals surface area contributed by atoms with E-state index in [1.165, 1.54) is 0 Å². The van der Waals surface area contributed by atoms with Gasteiger partial charge in [-0.3, -0.25) is 10.00 Å². The van der Waals surface area contributed by atoms with Crippen LogP contribution in [0.25, 0.3) is 11.3 Å². The third kappa shape index (κ3) is 3.98. The van der Waals surface area contributed by atoms with E-state index in [-0.39, 0.29) is 0 Å². The maximum Gasteiger partial charge on any atom is 0.412 e. The summed E-state index contributed by atoms with van der Waals surface area (Å²) >= 11 is 0. The molecule has 1 amide bonds. The average Bonchev–Trinajstić information content (AvgIpc) is 2.68. The molecule has 6 heteroatoms. The second-order valence-corrected chi connectivity index (χ2v) is 5.78. The number of carbonyl (C=O) groups excluding carboxylic acids is 1. The topological polar surface area (TPSA) is 82.2 Å². The van der Waals surface area contributed by atoms with Gasteiger partial charge in [-0.1, -0.05) is 12.1 Å². The van der Waals surface area contributed by atoms with Crippen molar-refractivity contribution in [3.05, 3.63) is 30.3 Å². The maximum absolute atomic E-state index is 11.7. The van der Waals surface area contributed by atoms with Gasteiger partial charge in [0.2, 0.25) is 0 Å². The van der Waals surface area contributed by atoms with E-state index in [0.717, 1.165) is 11.3 Å². The van der Waals surface area contributed by atoms with Crippen LogP contribution >= 0.6 is 0 Å². The largest absolute Gasteiger partial charge is 0.444 e. The zero-order valence-electron chi connectivity index (χ0n) is 12.7. The van der Waals surface area contributed by atoms with Gasteiger partial charge in [0.15, 0.2) is 0 Å². The summed E-state index contributed by atoms with van der Waals surface area (Å²) in [7, 11) is 1.79. The van der Waals surface area contributed by atoms with Crippen molar-refractivity contribution in [2.24, 2.45) is 7.05 Å². The molecule has 1 aromatic carbocycles. The lowest BCUT2D eigenvalue weighted by Crippen LogP contribution is -2.27. The van der Waals surface area contributed by atoms with Crippen LogP contribution in [0.15, 0.2) is 30.3 Å². The van der Waals surface area contributed by atoms with E-state index >= 15 is 0 Å². The highest BCUT2D eigenvalue weighted by molar-refractivity contribution is 5.85. The van der Waals surface area contributed by atoms with Crippen LogP contribution in [-0.4, -0.2) is 21.5 Å². The van der Waals surface area contributed by atoms with Gasteiger partial charge in [0.1, 0.15) is 11.4 Å². The number of ether oxygens (including phenoxy) is 1. The average molecular weight is 288 g/mol. The van der Waals surface area contributed by atoms with Crippen LogP contribution in [0.1, 0.15) is 20.8 Å². The lowest BCUT2D eigenvalue weighted by Gasteiger charge is -2.19. The first-order valence-corrected chi connectivity index (χ1v) is 6.64. The third-order valence-corrected chi connectivity index (χ3v) is 2.74. The number of aryl methyl sites for hydroxylation is 1. The van der Waals surface area contributed by atoms with Gasteiger partial charge < -0.3 is 10.5 Å². The van der Waals surface area contributed by atoms with Crippen LogP contribution < -0.4 is 11.1 Å². The predicted molar refractivity (Wildman–Crippen MR) is 82.9 cm³/mol. The molecule has 0 saturated carbocycles. The highest BCUT2D eigenvalue weighted by Gasteiger charge is 2.16. The van der Waals surface area contributed by atoms with E-state index < -0.39 is 11.7 Å². The Kier molecular flexibility index (Phi) is 3.88. The molecule has 0 spiro atoms. The SMILES string of the molecule is Cn1nc(-c2ccc(NC(=O)OC(C)(C)C)cc2)cc1N. The van der Waals surface area contributed by atoms with Crippen LogP contribution in [-0.2, 0) is 11.8 Å². The van der Waals surface area contributed by atoms with E-state index in [1.807, 2.05) is 32.9 Å². The normalized spacial score (nSPS) is 11.2. The zero-order valence-corrected chi connectivity index (χ0v) is 12.7. The van der Waals surface area contributed by atoms with Gasteiger partial charge >= 0.3 is 6.09 Å². The van der Waals surface area contributed by atoms with Crippen molar-refractivity contribution in [2.75, 3.05) is 11.1 Å². The highest BCUT2D eigenvalue weighted by atomic mass is 16.6. The minimum absolute atomic E-state index is 0.475. The summed E-state index contributed by atoms with van der Waals surface area (Å²) in [6, 6.07) is 9.13. The molecule has 0 saturated heterocycles. The molecular weight excluding hydrogens is 268 g/mol. The maximum atomic E-state index is 11.7. The quantitative estimate of drug-likeness (QED) is 0.890. The standard InChI is InChI=1S/C15H20N4O2/c1-15(2,3)21-14(20)17-11-7-5-10(6-8-11)12-9-13(16)19(4)18-12/h5-9H,16H2,1-4H3,(H,17,20). The molecule has 2 rings (SSSR count). The molecule has 0 radical (unpaired) electrons. The minimum Gasteiger partial charge on any atom is -0.444 e. The minimum atomic E-state index is -0.518. The molecule has 0 aliphatic carbocycles. The smallest absolute Gasteiger partial charge is 0.412 e. The molecule has 112 valence electrons. The third-order valence-electron chi connectivity index (χ3n) is 2.74. The Morgan fingerprint density at radius 1 is 1.29 bits per heavy atom. The van der Waals surface area contributed by atoms with Crippen LogP contribution in [0, 0.1) is 0 Å². The number of hydrogen-bond acceptors (Lipinski definition) is 4.